The van der Waals surface area contributed by atoms with Crippen molar-refractivity contribution in [1.82, 2.24) is 14.9 Å². The van der Waals surface area contributed by atoms with Gasteiger partial charge in [0.15, 0.2) is 5.82 Å². The Hall–Kier alpha value is -2.50. The van der Waals surface area contributed by atoms with Gasteiger partial charge in [0.25, 0.3) is 0 Å². The van der Waals surface area contributed by atoms with E-state index in [1.807, 2.05) is 13.8 Å². The third kappa shape index (κ3) is 2.41. The van der Waals surface area contributed by atoms with Crippen molar-refractivity contribution in [3.05, 3.63) is 42.5 Å². The molecule has 0 N–H and O–H groups in total. The van der Waals surface area contributed by atoms with Gasteiger partial charge in [-0.05, 0) is 38.1 Å². The van der Waals surface area contributed by atoms with Crippen LogP contribution in [0.25, 0.3) is 11.3 Å². The van der Waals surface area contributed by atoms with E-state index in [2.05, 4.69) is 9.97 Å². The number of aromatic nitrogens is 2. The van der Waals surface area contributed by atoms with Gasteiger partial charge in [0.2, 0.25) is 0 Å². The summed E-state index contributed by atoms with van der Waals surface area (Å²) in [6.45, 7) is 4.57. The van der Waals surface area contributed by atoms with Crippen molar-refractivity contribution in [2.45, 2.75) is 19.4 Å². The molecule has 0 atom stereocenters. The lowest BCUT2D eigenvalue weighted by Gasteiger charge is -2.24. The molecule has 2 heterocycles. The molecule has 6 heteroatoms. The van der Waals surface area contributed by atoms with Gasteiger partial charge in [-0.3, -0.25) is 9.88 Å². The Morgan fingerprint density at radius 2 is 1.82 bits per heavy atom. The molecule has 0 aliphatic carbocycles. The van der Waals surface area contributed by atoms with Gasteiger partial charge < -0.3 is 4.90 Å². The molecule has 2 amide bonds. The fourth-order valence-electron chi connectivity index (χ4n) is 2.41. The molecule has 1 aromatic carbocycles. The molecule has 0 radical (unpaired) electrons. The smallest absolute Gasteiger partial charge is 0.320 e. The topological polar surface area (TPSA) is 49.3 Å². The summed E-state index contributed by atoms with van der Waals surface area (Å²) in [5.41, 5.74) is 1.18. The summed E-state index contributed by atoms with van der Waals surface area (Å²) in [6, 6.07) is 5.97. The minimum atomic E-state index is -0.290. The van der Waals surface area contributed by atoms with Gasteiger partial charge >= 0.3 is 6.03 Å². The molecule has 0 saturated carbocycles. The summed E-state index contributed by atoms with van der Waals surface area (Å²) in [5.74, 6) is 0.231. The number of anilines is 1. The fraction of sp³-hybridized carbons (Fsp3) is 0.312. The molecule has 1 aromatic heterocycles. The summed E-state index contributed by atoms with van der Waals surface area (Å²) < 4.78 is 12.9. The summed E-state index contributed by atoms with van der Waals surface area (Å²) in [5, 5.41) is 0. The zero-order valence-corrected chi connectivity index (χ0v) is 12.7. The molecule has 5 nitrogen and oxygen atoms in total. The Bertz CT molecular complexity index is 697. The van der Waals surface area contributed by atoms with Crippen LogP contribution in [-0.2, 0) is 0 Å². The van der Waals surface area contributed by atoms with Crippen molar-refractivity contribution >= 4 is 11.8 Å². The van der Waals surface area contributed by atoms with Crippen molar-refractivity contribution in [1.29, 1.82) is 0 Å². The highest BCUT2D eigenvalue weighted by atomic mass is 19.1. The van der Waals surface area contributed by atoms with Crippen molar-refractivity contribution in [3.63, 3.8) is 0 Å². The zero-order chi connectivity index (χ0) is 15.9. The van der Waals surface area contributed by atoms with Crippen molar-refractivity contribution in [2.75, 3.05) is 18.5 Å². The van der Waals surface area contributed by atoms with Crippen molar-refractivity contribution in [2.24, 2.45) is 0 Å². The largest absolute Gasteiger partial charge is 0.326 e. The minimum Gasteiger partial charge on any atom is -0.320 e. The van der Waals surface area contributed by atoms with E-state index < -0.39 is 0 Å². The van der Waals surface area contributed by atoms with Crippen LogP contribution in [0.4, 0.5) is 15.0 Å². The second kappa shape index (κ2) is 5.05. The highest BCUT2D eigenvalue weighted by molar-refractivity contribution is 5.94. The first-order valence-electron chi connectivity index (χ1n) is 7.02. The maximum absolute atomic E-state index is 12.9. The van der Waals surface area contributed by atoms with Crippen molar-refractivity contribution in [3.8, 4) is 11.3 Å². The Morgan fingerprint density at radius 1 is 1.14 bits per heavy atom. The molecule has 1 saturated heterocycles. The molecule has 1 aliphatic rings. The SMILES string of the molecule is CN1C(=O)N(c2cnc(-c3ccc(F)cc3)cn2)CC1(C)C. The number of urea groups is 1. The van der Waals surface area contributed by atoms with Gasteiger partial charge in [-0.2, -0.15) is 0 Å². The van der Waals surface area contributed by atoms with Gasteiger partial charge in [-0.15, -0.1) is 0 Å². The second-order valence-corrected chi connectivity index (χ2v) is 6.01. The molecule has 3 rings (SSSR count). The summed E-state index contributed by atoms with van der Waals surface area (Å²) in [4.78, 5) is 24.2. The van der Waals surface area contributed by atoms with Gasteiger partial charge in [-0.25, -0.2) is 14.2 Å². The van der Waals surface area contributed by atoms with Gasteiger partial charge in [-0.1, -0.05) is 0 Å². The van der Waals surface area contributed by atoms with E-state index in [0.717, 1.165) is 5.56 Å². The lowest BCUT2D eigenvalue weighted by atomic mass is 10.1. The van der Waals surface area contributed by atoms with Crippen LogP contribution >= 0.6 is 0 Å². The molecular formula is C16H17FN4O. The first-order chi connectivity index (χ1) is 10.4. The minimum absolute atomic E-state index is 0.0890. The average Bonchev–Trinajstić information content (AvgIpc) is 2.72. The predicted molar refractivity (Wildman–Crippen MR) is 82.0 cm³/mol. The number of benzene rings is 1. The molecule has 1 aliphatic heterocycles. The van der Waals surface area contributed by atoms with Gasteiger partial charge in [0.1, 0.15) is 5.82 Å². The number of hydrogen-bond donors (Lipinski definition) is 0. The van der Waals surface area contributed by atoms with Crippen LogP contribution in [-0.4, -0.2) is 40.0 Å². The quantitative estimate of drug-likeness (QED) is 0.857. The van der Waals surface area contributed by atoms with Crippen LogP contribution in [0.5, 0.6) is 0 Å². The highest BCUT2D eigenvalue weighted by Gasteiger charge is 2.41. The number of amides is 2. The van der Waals surface area contributed by atoms with Crippen LogP contribution in [0, 0.1) is 5.82 Å². The third-order valence-electron chi connectivity index (χ3n) is 4.03. The van der Waals surface area contributed by atoms with E-state index in [1.54, 1.807) is 41.4 Å². The first-order valence-corrected chi connectivity index (χ1v) is 7.02. The Balaban J connectivity index is 1.86. The lowest BCUT2D eigenvalue weighted by Crippen LogP contribution is -2.38. The molecule has 0 unspecified atom stereocenters. The fourth-order valence-corrected chi connectivity index (χ4v) is 2.41. The number of carbonyl (C=O) groups is 1. The first kappa shape index (κ1) is 14.4. The van der Waals surface area contributed by atoms with E-state index >= 15 is 0 Å². The number of halogens is 1. The van der Waals surface area contributed by atoms with E-state index in [1.165, 1.54) is 12.1 Å². The van der Waals surface area contributed by atoms with Crippen LogP contribution in [0.3, 0.4) is 0 Å². The Kier molecular flexibility index (Phi) is 3.31. The highest BCUT2D eigenvalue weighted by Crippen LogP contribution is 2.28. The standard InChI is InChI=1S/C16H17FN4O/c1-16(2)10-21(15(22)20(16)3)14-9-18-13(8-19-14)11-4-6-12(17)7-5-11/h4-9H,10H2,1-3H3. The molecule has 1 fully saturated rings. The summed E-state index contributed by atoms with van der Waals surface area (Å²) in [7, 11) is 1.78. The second-order valence-electron chi connectivity index (χ2n) is 6.01. The predicted octanol–water partition coefficient (Wildman–Crippen LogP) is 2.93. The molecule has 22 heavy (non-hydrogen) atoms. The van der Waals surface area contributed by atoms with Gasteiger partial charge in [0, 0.05) is 12.6 Å². The number of nitrogens with zero attached hydrogens (tertiary/aromatic N) is 4. The van der Waals surface area contributed by atoms with Crippen LogP contribution < -0.4 is 4.90 Å². The summed E-state index contributed by atoms with van der Waals surface area (Å²) >= 11 is 0. The van der Waals surface area contributed by atoms with Crippen LogP contribution in [0.15, 0.2) is 36.7 Å². The van der Waals surface area contributed by atoms with Crippen LogP contribution in [0.2, 0.25) is 0 Å². The third-order valence-corrected chi connectivity index (χ3v) is 4.03. The van der Waals surface area contributed by atoms with E-state index in [-0.39, 0.29) is 17.4 Å². The Labute approximate surface area is 128 Å². The zero-order valence-electron chi connectivity index (χ0n) is 12.7. The van der Waals surface area contributed by atoms with E-state index in [4.69, 9.17) is 0 Å². The monoisotopic (exact) mass is 300 g/mol. The van der Waals surface area contributed by atoms with E-state index in [0.29, 0.717) is 18.1 Å². The molecule has 2 aromatic rings. The maximum atomic E-state index is 12.9. The normalized spacial score (nSPS) is 17.2. The number of carbonyl (C=O) groups excluding carboxylic acids is 1. The molecular weight excluding hydrogens is 283 g/mol. The lowest BCUT2D eigenvalue weighted by molar-refractivity contribution is 0.198. The number of likely N-dealkylation sites (N-methyl/N-ethyl adjacent to an activating group) is 1. The van der Waals surface area contributed by atoms with Crippen LogP contribution in [0.1, 0.15) is 13.8 Å². The van der Waals surface area contributed by atoms with Crippen molar-refractivity contribution < 1.29 is 9.18 Å². The average molecular weight is 300 g/mol. The molecule has 0 spiro atoms. The number of hydrogen-bond acceptors (Lipinski definition) is 3. The maximum Gasteiger partial charge on any atom is 0.326 e. The van der Waals surface area contributed by atoms with Gasteiger partial charge in [0.05, 0.1) is 30.2 Å². The van der Waals surface area contributed by atoms with E-state index in [9.17, 15) is 9.18 Å². The molecule has 114 valence electrons. The summed E-state index contributed by atoms with van der Waals surface area (Å²) in [6.07, 6.45) is 3.17. The number of rotatable bonds is 2. The Morgan fingerprint density at radius 3 is 2.32 bits per heavy atom. The molecule has 0 bridgehead atoms.